The first-order valence-corrected chi connectivity index (χ1v) is 9.91. The van der Waals surface area contributed by atoms with Crippen LogP contribution in [-0.4, -0.2) is 27.1 Å². The molecule has 0 saturated carbocycles. The van der Waals surface area contributed by atoms with Crippen LogP contribution in [-0.2, 0) is 16.2 Å². The first-order valence-electron chi connectivity index (χ1n) is 7.20. The van der Waals surface area contributed by atoms with Crippen molar-refractivity contribution in [2.45, 2.75) is 16.0 Å². The quantitative estimate of drug-likeness (QED) is 0.841. The zero-order valence-corrected chi connectivity index (χ0v) is 14.9. The number of hydrogen-bond donors (Lipinski definition) is 1. The lowest BCUT2D eigenvalue weighted by molar-refractivity contribution is -0.139. The Morgan fingerprint density at radius 2 is 1.85 bits per heavy atom. The molecule has 0 unspecified atom stereocenters. The van der Waals surface area contributed by atoms with Gasteiger partial charge < -0.3 is 4.74 Å². The molecule has 1 aliphatic rings. The summed E-state index contributed by atoms with van der Waals surface area (Å²) in [5.41, 5.74) is -0.600. The Morgan fingerprint density at radius 1 is 1.15 bits per heavy atom. The molecular formula is C16H12F3NO4S2. The molecule has 5 nitrogen and oxygen atoms in total. The van der Waals surface area contributed by atoms with Gasteiger partial charge in [0.2, 0.25) is 15.8 Å². The number of hydrogen-bond acceptors (Lipinski definition) is 5. The summed E-state index contributed by atoms with van der Waals surface area (Å²) in [7, 11) is -3.69. The number of carbonyl (C=O) groups is 1. The fraction of sp³-hybridized carbons (Fsp3) is 0.188. The van der Waals surface area contributed by atoms with Crippen molar-refractivity contribution in [1.29, 1.82) is 0 Å². The first-order chi connectivity index (χ1) is 12.0. The summed E-state index contributed by atoms with van der Waals surface area (Å²) >= 11 is 0.722. The second-order valence-electron chi connectivity index (χ2n) is 5.53. The van der Waals surface area contributed by atoms with Crippen LogP contribution in [0, 0.1) is 0 Å². The molecule has 0 saturated heterocycles. The van der Waals surface area contributed by atoms with Gasteiger partial charge in [0.25, 0.3) is 0 Å². The standard InChI is InChI=1S/C16H12F3NO4S2/c1-26(22,23)20-11-7-13-9(12(21)8-24-13)6-15(11)25-14-5-3-2-4-10(14)16(17,18)19/h2-7,20H,8H2,1H3. The van der Waals surface area contributed by atoms with Crippen LogP contribution in [0.15, 0.2) is 46.2 Å². The Balaban J connectivity index is 2.10. The van der Waals surface area contributed by atoms with Gasteiger partial charge in [-0.3, -0.25) is 9.52 Å². The van der Waals surface area contributed by atoms with Crippen molar-refractivity contribution in [2.75, 3.05) is 17.6 Å². The number of rotatable bonds is 4. The zero-order chi connectivity index (χ0) is 19.1. The summed E-state index contributed by atoms with van der Waals surface area (Å²) in [4.78, 5) is 11.9. The first kappa shape index (κ1) is 18.6. The number of benzene rings is 2. The van der Waals surface area contributed by atoms with Gasteiger partial charge in [-0.15, -0.1) is 0 Å². The summed E-state index contributed by atoms with van der Waals surface area (Å²) < 4.78 is 70.2. The Hall–Kier alpha value is -2.20. The molecule has 3 rings (SSSR count). The maximum atomic E-state index is 13.2. The van der Waals surface area contributed by atoms with E-state index in [1.54, 1.807) is 0 Å². The van der Waals surface area contributed by atoms with Crippen molar-refractivity contribution in [3.63, 3.8) is 0 Å². The van der Waals surface area contributed by atoms with Crippen molar-refractivity contribution < 1.29 is 31.1 Å². The normalized spacial score (nSPS) is 14.1. The van der Waals surface area contributed by atoms with Crippen LogP contribution in [0.3, 0.4) is 0 Å². The van der Waals surface area contributed by atoms with E-state index in [0.29, 0.717) is 0 Å². The van der Waals surface area contributed by atoms with Crippen molar-refractivity contribution in [3.8, 4) is 5.75 Å². The van der Waals surface area contributed by atoms with Gasteiger partial charge in [-0.25, -0.2) is 8.42 Å². The summed E-state index contributed by atoms with van der Waals surface area (Å²) in [6.45, 7) is -0.194. The molecule has 2 aromatic rings. The number of sulfonamides is 1. The van der Waals surface area contributed by atoms with E-state index in [1.165, 1.54) is 30.3 Å². The largest absolute Gasteiger partial charge is 0.485 e. The predicted octanol–water partition coefficient (Wildman–Crippen LogP) is 3.80. The highest BCUT2D eigenvalue weighted by molar-refractivity contribution is 7.99. The molecule has 0 bridgehead atoms. The number of nitrogens with one attached hydrogen (secondary N) is 1. The van der Waals surface area contributed by atoms with E-state index in [9.17, 15) is 26.4 Å². The third-order valence-corrected chi connectivity index (χ3v) is 5.17. The van der Waals surface area contributed by atoms with Gasteiger partial charge in [-0.2, -0.15) is 13.2 Å². The number of alkyl halides is 3. The monoisotopic (exact) mass is 403 g/mol. The average Bonchev–Trinajstić information content (AvgIpc) is 2.86. The van der Waals surface area contributed by atoms with Crippen molar-refractivity contribution in [3.05, 3.63) is 47.5 Å². The molecule has 0 aliphatic carbocycles. The number of carbonyl (C=O) groups excluding carboxylic acids is 1. The second-order valence-corrected chi connectivity index (χ2v) is 8.36. The Labute approximate surface area is 151 Å². The molecule has 1 aliphatic heterocycles. The molecule has 0 atom stereocenters. The van der Waals surface area contributed by atoms with E-state index in [1.807, 2.05) is 0 Å². The SMILES string of the molecule is CS(=O)(=O)Nc1cc2c(cc1Sc1ccccc1C(F)(F)F)C(=O)CO2. The Kier molecular flexibility index (Phi) is 4.65. The molecule has 0 amide bonds. The number of ketones is 1. The lowest BCUT2D eigenvalue weighted by Crippen LogP contribution is -2.11. The van der Waals surface area contributed by atoms with Crippen LogP contribution in [0.1, 0.15) is 15.9 Å². The number of ether oxygens (including phenoxy) is 1. The maximum Gasteiger partial charge on any atom is 0.417 e. The van der Waals surface area contributed by atoms with Crippen LogP contribution in [0.2, 0.25) is 0 Å². The van der Waals surface area contributed by atoms with Crippen molar-refractivity contribution in [2.24, 2.45) is 0 Å². The lowest BCUT2D eigenvalue weighted by Gasteiger charge is -2.15. The lowest BCUT2D eigenvalue weighted by atomic mass is 10.1. The zero-order valence-electron chi connectivity index (χ0n) is 13.3. The molecule has 1 N–H and O–H groups in total. The van der Waals surface area contributed by atoms with E-state index >= 15 is 0 Å². The summed E-state index contributed by atoms with van der Waals surface area (Å²) in [5, 5.41) is 0. The third-order valence-electron chi connectivity index (χ3n) is 3.45. The molecule has 138 valence electrons. The van der Waals surface area contributed by atoms with Gasteiger partial charge in [0, 0.05) is 15.9 Å². The topological polar surface area (TPSA) is 72.5 Å². The maximum absolute atomic E-state index is 13.2. The summed E-state index contributed by atoms with van der Waals surface area (Å²) in [6, 6.07) is 7.58. The van der Waals surface area contributed by atoms with Gasteiger partial charge in [0.1, 0.15) is 5.75 Å². The smallest absolute Gasteiger partial charge is 0.417 e. The van der Waals surface area contributed by atoms with Gasteiger partial charge in [-0.1, -0.05) is 23.9 Å². The summed E-state index contributed by atoms with van der Waals surface area (Å²) in [6.07, 6.45) is -3.64. The highest BCUT2D eigenvalue weighted by Crippen LogP contribution is 2.44. The highest BCUT2D eigenvalue weighted by atomic mass is 32.2. The van der Waals surface area contributed by atoms with Crippen LogP contribution < -0.4 is 9.46 Å². The fourth-order valence-electron chi connectivity index (χ4n) is 2.39. The minimum absolute atomic E-state index is 0.0444. The van der Waals surface area contributed by atoms with Gasteiger partial charge in [0.15, 0.2) is 6.61 Å². The van der Waals surface area contributed by atoms with E-state index in [2.05, 4.69) is 4.72 Å². The van der Waals surface area contributed by atoms with E-state index in [0.717, 1.165) is 24.1 Å². The van der Waals surface area contributed by atoms with Crippen LogP contribution >= 0.6 is 11.8 Å². The average molecular weight is 403 g/mol. The molecule has 2 aromatic carbocycles. The molecule has 10 heteroatoms. The molecule has 0 radical (unpaired) electrons. The fourth-order valence-corrected chi connectivity index (χ4v) is 4.10. The Bertz CT molecular complexity index is 987. The molecule has 26 heavy (non-hydrogen) atoms. The van der Waals surface area contributed by atoms with Gasteiger partial charge in [0.05, 0.1) is 23.1 Å². The van der Waals surface area contributed by atoms with E-state index < -0.39 is 21.8 Å². The van der Waals surface area contributed by atoms with Gasteiger partial charge in [-0.05, 0) is 18.2 Å². The van der Waals surface area contributed by atoms with Crippen molar-refractivity contribution in [1.82, 2.24) is 0 Å². The van der Waals surface area contributed by atoms with Crippen molar-refractivity contribution >= 4 is 33.3 Å². The van der Waals surface area contributed by atoms with Crippen LogP contribution in [0.25, 0.3) is 0 Å². The van der Waals surface area contributed by atoms with Crippen LogP contribution in [0.5, 0.6) is 5.75 Å². The second kappa shape index (κ2) is 6.51. The summed E-state index contributed by atoms with van der Waals surface area (Å²) in [5.74, 6) is -0.133. The minimum Gasteiger partial charge on any atom is -0.485 e. The molecule has 0 aromatic heterocycles. The van der Waals surface area contributed by atoms with Crippen LogP contribution in [0.4, 0.5) is 18.9 Å². The number of halogens is 3. The third kappa shape index (κ3) is 3.96. The molecular weight excluding hydrogens is 391 g/mol. The van der Waals surface area contributed by atoms with E-state index in [-0.39, 0.29) is 39.2 Å². The highest BCUT2D eigenvalue weighted by Gasteiger charge is 2.34. The predicted molar refractivity (Wildman–Crippen MR) is 90.3 cm³/mol. The van der Waals surface area contributed by atoms with E-state index in [4.69, 9.17) is 4.74 Å². The molecule has 1 heterocycles. The molecule has 0 spiro atoms. The Morgan fingerprint density at radius 3 is 2.50 bits per heavy atom. The number of anilines is 1. The number of fused-ring (bicyclic) bond motifs is 1. The minimum atomic E-state index is -4.57. The number of Topliss-reactive ketones (excluding diaryl/α,β-unsaturated/α-hetero) is 1. The van der Waals surface area contributed by atoms with Gasteiger partial charge >= 0.3 is 6.18 Å². The molecule has 0 fully saturated rings.